The highest BCUT2D eigenvalue weighted by Gasteiger charge is 1.91. The van der Waals surface area contributed by atoms with E-state index in [-0.39, 0.29) is 5.78 Å². The van der Waals surface area contributed by atoms with Gasteiger partial charge in [0.2, 0.25) is 0 Å². The first-order chi connectivity index (χ1) is 22.8. The van der Waals surface area contributed by atoms with E-state index in [0.717, 1.165) is 0 Å². The van der Waals surface area contributed by atoms with Crippen LogP contribution in [0.4, 0.5) is 0 Å². The molecule has 0 saturated carbocycles. The van der Waals surface area contributed by atoms with E-state index < -0.39 is 0 Å². The van der Waals surface area contributed by atoms with Crippen LogP contribution in [0.15, 0.2) is 146 Å². The van der Waals surface area contributed by atoms with Crippen molar-refractivity contribution in [2.45, 2.75) is 129 Å². The molecule has 1 heteroatoms. The van der Waals surface area contributed by atoms with Gasteiger partial charge in [-0.1, -0.05) is 237 Å². The van der Waals surface area contributed by atoms with Crippen molar-refractivity contribution in [2.75, 3.05) is 0 Å². The first kappa shape index (κ1) is 42.6. The van der Waals surface area contributed by atoms with Gasteiger partial charge in [0, 0.05) is 0 Å². The Labute approximate surface area is 285 Å². The minimum atomic E-state index is -0.0387. The van der Waals surface area contributed by atoms with Gasteiger partial charge in [0.15, 0.2) is 5.78 Å². The molecule has 0 radical (unpaired) electrons. The summed E-state index contributed by atoms with van der Waals surface area (Å²) in [5, 5.41) is 0. The average molecular weight is 623 g/mol. The third-order valence-electron chi connectivity index (χ3n) is 7.24. The highest BCUT2D eigenvalue weighted by Crippen LogP contribution is 2.10. The van der Waals surface area contributed by atoms with Crippen LogP contribution in [0.3, 0.4) is 0 Å². The first-order valence-corrected chi connectivity index (χ1v) is 18.3. The van der Waals surface area contributed by atoms with Crippen molar-refractivity contribution in [3.05, 3.63) is 146 Å². The molecule has 46 heavy (non-hydrogen) atoms. The fourth-order valence-corrected chi connectivity index (χ4v) is 4.52. The van der Waals surface area contributed by atoms with Crippen LogP contribution >= 0.6 is 0 Å². The molecule has 0 unspecified atom stereocenters. The molecular weight excluding hydrogens is 556 g/mol. The van der Waals surface area contributed by atoms with E-state index in [1.54, 1.807) is 24.3 Å². The smallest absolute Gasteiger partial charge is 0.178 e. The Balaban J connectivity index is 3.86. The summed E-state index contributed by atoms with van der Waals surface area (Å²) >= 11 is 0. The fraction of sp³-hybridized carbons (Fsp3) is 0.444. The van der Waals surface area contributed by atoms with Crippen molar-refractivity contribution in [1.82, 2.24) is 0 Å². The minimum absolute atomic E-state index is 0.0387. The zero-order valence-corrected chi connectivity index (χ0v) is 29.5. The van der Waals surface area contributed by atoms with E-state index in [0.29, 0.717) is 0 Å². The molecular formula is C45H66O. The summed E-state index contributed by atoms with van der Waals surface area (Å²) in [5.41, 5.74) is 0. The predicted octanol–water partition coefficient (Wildman–Crippen LogP) is 14.3. The van der Waals surface area contributed by atoms with Gasteiger partial charge in [0.25, 0.3) is 0 Å². The molecule has 0 N–H and O–H groups in total. The first-order valence-electron chi connectivity index (χ1n) is 18.3. The summed E-state index contributed by atoms with van der Waals surface area (Å²) in [6.07, 6.45) is 71.3. The lowest BCUT2D eigenvalue weighted by molar-refractivity contribution is -0.110. The number of carbonyl (C=O) groups is 1. The molecule has 1 nitrogen and oxygen atoms in total. The van der Waals surface area contributed by atoms with Crippen LogP contribution in [-0.2, 0) is 4.79 Å². The Kier molecular flexibility index (Phi) is 36.6. The van der Waals surface area contributed by atoms with Crippen molar-refractivity contribution in [3.8, 4) is 0 Å². The second-order valence-electron chi connectivity index (χ2n) is 11.6. The summed E-state index contributed by atoms with van der Waals surface area (Å²) in [6.45, 7) is 4.54. The Morgan fingerprint density at radius 1 is 0.304 bits per heavy atom. The maximum Gasteiger partial charge on any atom is 0.178 e. The molecule has 0 amide bonds. The van der Waals surface area contributed by atoms with Crippen LogP contribution in [0.5, 0.6) is 0 Å². The van der Waals surface area contributed by atoms with Crippen LogP contribution < -0.4 is 0 Å². The summed E-state index contributed by atoms with van der Waals surface area (Å²) < 4.78 is 0. The van der Waals surface area contributed by atoms with E-state index in [1.165, 1.54) is 116 Å². The van der Waals surface area contributed by atoms with Crippen molar-refractivity contribution in [3.63, 3.8) is 0 Å². The maximum absolute atomic E-state index is 11.9. The van der Waals surface area contributed by atoms with Gasteiger partial charge in [-0.05, 0) is 37.8 Å². The molecule has 0 saturated heterocycles. The van der Waals surface area contributed by atoms with Crippen molar-refractivity contribution in [1.29, 1.82) is 0 Å². The van der Waals surface area contributed by atoms with E-state index in [1.807, 2.05) is 85.1 Å². The third-order valence-corrected chi connectivity index (χ3v) is 7.24. The summed E-state index contributed by atoms with van der Waals surface area (Å²) in [7, 11) is 0. The fourth-order valence-electron chi connectivity index (χ4n) is 4.52. The number of unbranched alkanes of at least 4 members (excludes halogenated alkanes) is 16. The van der Waals surface area contributed by atoms with Crippen LogP contribution in [-0.4, -0.2) is 5.78 Å². The molecule has 0 aromatic rings. The normalized spacial score (nSPS) is 13.6. The molecule has 0 fully saturated rings. The van der Waals surface area contributed by atoms with Crippen LogP contribution in [0.25, 0.3) is 0 Å². The summed E-state index contributed by atoms with van der Waals surface area (Å²) in [4.78, 5) is 11.9. The molecule has 0 aliphatic carbocycles. The summed E-state index contributed by atoms with van der Waals surface area (Å²) in [5.74, 6) is -0.0387. The van der Waals surface area contributed by atoms with Crippen molar-refractivity contribution in [2.24, 2.45) is 0 Å². The topological polar surface area (TPSA) is 17.1 Å². The number of allylic oxidation sites excluding steroid dienone is 24. The monoisotopic (exact) mass is 623 g/mol. The number of rotatable bonds is 30. The van der Waals surface area contributed by atoms with E-state index in [2.05, 4.69) is 50.3 Å². The molecule has 0 rings (SSSR count). The minimum Gasteiger partial charge on any atom is -0.290 e. The van der Waals surface area contributed by atoms with Crippen molar-refractivity contribution < 1.29 is 4.79 Å². The number of hydrogen-bond donors (Lipinski definition) is 0. The molecule has 0 aliphatic rings. The largest absolute Gasteiger partial charge is 0.290 e. The average Bonchev–Trinajstić information content (AvgIpc) is 3.06. The van der Waals surface area contributed by atoms with Crippen LogP contribution in [0.1, 0.15) is 129 Å². The van der Waals surface area contributed by atoms with E-state index >= 15 is 0 Å². The second kappa shape index (κ2) is 39.6. The van der Waals surface area contributed by atoms with Gasteiger partial charge in [-0.2, -0.15) is 0 Å². The van der Waals surface area contributed by atoms with Crippen LogP contribution in [0.2, 0.25) is 0 Å². The molecule has 0 aromatic heterocycles. The zero-order chi connectivity index (χ0) is 33.3. The molecule has 0 aliphatic heterocycles. The Morgan fingerprint density at radius 3 is 0.848 bits per heavy atom. The van der Waals surface area contributed by atoms with Gasteiger partial charge in [0.1, 0.15) is 0 Å². The third kappa shape index (κ3) is 38.6. The molecule has 0 bridgehead atoms. The van der Waals surface area contributed by atoms with Gasteiger partial charge in [-0.3, -0.25) is 4.79 Å². The van der Waals surface area contributed by atoms with E-state index in [4.69, 9.17) is 0 Å². The molecule has 252 valence electrons. The quantitative estimate of drug-likeness (QED) is 0.0442. The highest BCUT2D eigenvalue weighted by atomic mass is 16.1. The predicted molar refractivity (Wildman–Crippen MR) is 209 cm³/mol. The van der Waals surface area contributed by atoms with Gasteiger partial charge in [0.05, 0.1) is 0 Å². The Bertz CT molecular complexity index is 947. The SMILES string of the molecule is CCCCCCCCCCC=CC=CC=CC=CC=CC=CC(=O)C=CC=CC=CC=CC=CC=CCCCCCCCCCC. The molecule has 0 aromatic carbocycles. The van der Waals surface area contributed by atoms with Crippen LogP contribution in [0, 0.1) is 0 Å². The lowest BCUT2D eigenvalue weighted by atomic mass is 10.1. The van der Waals surface area contributed by atoms with E-state index in [9.17, 15) is 4.79 Å². The van der Waals surface area contributed by atoms with Gasteiger partial charge in [-0.25, -0.2) is 0 Å². The summed E-state index contributed by atoms with van der Waals surface area (Å²) in [6, 6.07) is 0. The van der Waals surface area contributed by atoms with Gasteiger partial charge < -0.3 is 0 Å². The number of carbonyl (C=O) groups excluding carboxylic acids is 1. The second-order valence-corrected chi connectivity index (χ2v) is 11.6. The molecule has 0 heterocycles. The number of hydrogen-bond acceptors (Lipinski definition) is 1. The molecule has 0 spiro atoms. The van der Waals surface area contributed by atoms with Gasteiger partial charge in [-0.15, -0.1) is 0 Å². The van der Waals surface area contributed by atoms with Gasteiger partial charge >= 0.3 is 0 Å². The highest BCUT2D eigenvalue weighted by molar-refractivity contribution is 5.99. The Morgan fingerprint density at radius 2 is 0.543 bits per heavy atom. The zero-order valence-electron chi connectivity index (χ0n) is 29.5. The Hall–Kier alpha value is -3.45. The number of ketones is 1. The maximum atomic E-state index is 11.9. The lowest BCUT2D eigenvalue weighted by Crippen LogP contribution is -1.82. The standard InChI is InChI=1S/C45H66O/c1-3-5-7-9-11-13-15-17-19-21-23-25-27-29-31-33-35-37-39-41-43-45(46)44-42-40-38-36-34-32-30-28-26-24-22-20-18-16-14-12-10-8-6-4-2/h21-44H,3-20H2,1-2H3. The molecule has 0 atom stereocenters. The lowest BCUT2D eigenvalue weighted by Gasteiger charge is -1.99. The van der Waals surface area contributed by atoms with Crippen molar-refractivity contribution >= 4 is 5.78 Å².